The SMILES string of the molecule is O=C(O)Cc1csc(NS(=O)(=O)c2ncccc2F)n1. The fraction of sp³-hybridized carbons (Fsp3) is 0.100. The molecule has 0 aliphatic carbocycles. The molecule has 0 unspecified atom stereocenters. The van der Waals surface area contributed by atoms with Crippen LogP contribution in [0.4, 0.5) is 9.52 Å². The van der Waals surface area contributed by atoms with Crippen molar-refractivity contribution >= 4 is 32.5 Å². The van der Waals surface area contributed by atoms with Crippen molar-refractivity contribution < 1.29 is 22.7 Å². The molecule has 7 nitrogen and oxygen atoms in total. The number of aromatic nitrogens is 2. The Balaban J connectivity index is 2.23. The fourth-order valence-electron chi connectivity index (χ4n) is 1.32. The molecule has 2 rings (SSSR count). The topological polar surface area (TPSA) is 109 Å². The molecule has 0 aromatic carbocycles. The van der Waals surface area contributed by atoms with Crippen LogP contribution < -0.4 is 4.72 Å². The van der Waals surface area contributed by atoms with Crippen LogP contribution in [0, 0.1) is 5.82 Å². The molecule has 0 atom stereocenters. The molecule has 0 amide bonds. The van der Waals surface area contributed by atoms with Crippen LogP contribution in [0.15, 0.2) is 28.7 Å². The van der Waals surface area contributed by atoms with Gasteiger partial charge in [-0.25, -0.2) is 14.4 Å². The van der Waals surface area contributed by atoms with Gasteiger partial charge < -0.3 is 5.11 Å². The number of rotatable bonds is 5. The van der Waals surface area contributed by atoms with E-state index in [0.29, 0.717) is 0 Å². The Labute approximate surface area is 117 Å². The summed E-state index contributed by atoms with van der Waals surface area (Å²) in [6, 6.07) is 2.24. The first kappa shape index (κ1) is 14.3. The molecule has 2 heterocycles. The van der Waals surface area contributed by atoms with Crippen LogP contribution in [0.3, 0.4) is 0 Å². The van der Waals surface area contributed by atoms with Gasteiger partial charge in [0, 0.05) is 11.6 Å². The number of nitrogens with one attached hydrogen (secondary N) is 1. The van der Waals surface area contributed by atoms with Gasteiger partial charge in [-0.3, -0.25) is 9.52 Å². The second-order valence-electron chi connectivity index (χ2n) is 3.61. The summed E-state index contributed by atoms with van der Waals surface area (Å²) in [5.74, 6) is -2.07. The summed E-state index contributed by atoms with van der Waals surface area (Å²) in [5, 5.41) is 9.20. The van der Waals surface area contributed by atoms with Gasteiger partial charge in [0.25, 0.3) is 10.0 Å². The number of anilines is 1. The van der Waals surface area contributed by atoms with E-state index in [-0.39, 0.29) is 17.2 Å². The first-order chi connectivity index (χ1) is 9.38. The van der Waals surface area contributed by atoms with Crippen molar-refractivity contribution in [3.05, 3.63) is 35.2 Å². The highest BCUT2D eigenvalue weighted by molar-refractivity contribution is 7.92. The summed E-state index contributed by atoms with van der Waals surface area (Å²) >= 11 is 0.904. The Morgan fingerprint density at radius 1 is 1.50 bits per heavy atom. The molecule has 0 fully saturated rings. The number of halogens is 1. The van der Waals surface area contributed by atoms with E-state index in [1.165, 1.54) is 11.4 Å². The second kappa shape index (κ2) is 5.51. The maximum absolute atomic E-state index is 13.4. The van der Waals surface area contributed by atoms with Crippen molar-refractivity contribution in [2.75, 3.05) is 4.72 Å². The number of hydrogen-bond acceptors (Lipinski definition) is 6. The van der Waals surface area contributed by atoms with Crippen molar-refractivity contribution in [3.63, 3.8) is 0 Å². The molecule has 106 valence electrons. The Hall–Kier alpha value is -2.07. The third-order valence-electron chi connectivity index (χ3n) is 2.09. The normalized spacial score (nSPS) is 11.2. The summed E-state index contributed by atoms with van der Waals surface area (Å²) in [6.45, 7) is 0. The standard InChI is InChI=1S/C10H8FN3O4S2/c11-7-2-1-3-12-9(7)20(17,18)14-10-13-6(5-19-10)4-8(15)16/h1-3,5H,4H2,(H,13,14)(H,15,16). The van der Waals surface area contributed by atoms with E-state index < -0.39 is 26.8 Å². The number of carbonyl (C=O) groups is 1. The van der Waals surface area contributed by atoms with Gasteiger partial charge in [-0.05, 0) is 12.1 Å². The van der Waals surface area contributed by atoms with Crippen LogP contribution in [0.1, 0.15) is 5.69 Å². The summed E-state index contributed by atoms with van der Waals surface area (Å²) in [4.78, 5) is 17.7. The number of nitrogens with zero attached hydrogens (tertiary/aromatic N) is 2. The van der Waals surface area contributed by atoms with Gasteiger partial charge in [0.05, 0.1) is 12.1 Å². The quantitative estimate of drug-likeness (QED) is 0.855. The fourth-order valence-corrected chi connectivity index (χ4v) is 3.29. The van der Waals surface area contributed by atoms with E-state index >= 15 is 0 Å². The van der Waals surface area contributed by atoms with Gasteiger partial charge in [-0.2, -0.15) is 8.42 Å². The number of pyridine rings is 1. The zero-order chi connectivity index (χ0) is 14.8. The molecule has 0 saturated heterocycles. The molecule has 10 heteroatoms. The van der Waals surface area contributed by atoms with E-state index in [4.69, 9.17) is 5.11 Å². The minimum absolute atomic E-state index is 0.0497. The Morgan fingerprint density at radius 2 is 2.25 bits per heavy atom. The average Bonchev–Trinajstić information content (AvgIpc) is 2.75. The monoisotopic (exact) mass is 317 g/mol. The molecular weight excluding hydrogens is 309 g/mol. The Morgan fingerprint density at radius 3 is 2.90 bits per heavy atom. The van der Waals surface area contributed by atoms with Crippen molar-refractivity contribution in [2.24, 2.45) is 0 Å². The molecule has 2 aromatic rings. The van der Waals surface area contributed by atoms with Crippen molar-refractivity contribution in [1.82, 2.24) is 9.97 Å². The number of sulfonamides is 1. The lowest BCUT2D eigenvalue weighted by atomic mass is 10.3. The van der Waals surface area contributed by atoms with E-state index in [2.05, 4.69) is 14.7 Å². The summed E-state index contributed by atoms with van der Waals surface area (Å²) in [6.07, 6.45) is 0.825. The number of carboxylic acids is 1. The highest BCUT2D eigenvalue weighted by Crippen LogP contribution is 2.20. The summed E-state index contributed by atoms with van der Waals surface area (Å²) in [5.41, 5.74) is 0.210. The minimum Gasteiger partial charge on any atom is -0.481 e. The minimum atomic E-state index is -4.19. The van der Waals surface area contributed by atoms with Crippen LogP contribution in [0.25, 0.3) is 0 Å². The predicted molar refractivity (Wildman–Crippen MR) is 68.5 cm³/mol. The van der Waals surface area contributed by atoms with Crippen molar-refractivity contribution in [2.45, 2.75) is 11.4 Å². The van der Waals surface area contributed by atoms with E-state index in [0.717, 1.165) is 23.6 Å². The molecule has 2 N–H and O–H groups in total. The van der Waals surface area contributed by atoms with Gasteiger partial charge in [-0.15, -0.1) is 11.3 Å². The maximum Gasteiger partial charge on any atom is 0.309 e. The lowest BCUT2D eigenvalue weighted by Gasteiger charge is -2.04. The largest absolute Gasteiger partial charge is 0.481 e. The lowest BCUT2D eigenvalue weighted by Crippen LogP contribution is -2.16. The van der Waals surface area contributed by atoms with Crippen LogP contribution in [-0.2, 0) is 21.2 Å². The molecule has 2 aromatic heterocycles. The molecule has 0 saturated carbocycles. The van der Waals surface area contributed by atoms with E-state index in [9.17, 15) is 17.6 Å². The van der Waals surface area contributed by atoms with Gasteiger partial charge in [0.1, 0.15) is 0 Å². The number of aliphatic carboxylic acids is 1. The summed E-state index contributed by atoms with van der Waals surface area (Å²) < 4.78 is 39.2. The number of hydrogen-bond donors (Lipinski definition) is 2. The smallest absolute Gasteiger partial charge is 0.309 e. The van der Waals surface area contributed by atoms with E-state index in [1.807, 2.05) is 0 Å². The molecule has 0 aliphatic rings. The molecule has 20 heavy (non-hydrogen) atoms. The zero-order valence-corrected chi connectivity index (χ0v) is 11.4. The first-order valence-corrected chi connectivity index (χ1v) is 7.54. The van der Waals surface area contributed by atoms with Crippen molar-refractivity contribution in [3.8, 4) is 0 Å². The first-order valence-electron chi connectivity index (χ1n) is 5.18. The summed E-state index contributed by atoms with van der Waals surface area (Å²) in [7, 11) is -4.19. The van der Waals surface area contributed by atoms with Crippen LogP contribution in [-0.4, -0.2) is 29.5 Å². The molecule has 0 spiro atoms. The highest BCUT2D eigenvalue weighted by atomic mass is 32.2. The third kappa shape index (κ3) is 3.27. The molecule has 0 radical (unpaired) electrons. The molecular formula is C10H8FN3O4S2. The Kier molecular flexibility index (Phi) is 3.95. The predicted octanol–water partition coefficient (Wildman–Crippen LogP) is 1.11. The number of thiazole rings is 1. The van der Waals surface area contributed by atoms with Crippen molar-refractivity contribution in [1.29, 1.82) is 0 Å². The van der Waals surface area contributed by atoms with Gasteiger partial charge in [-0.1, -0.05) is 0 Å². The maximum atomic E-state index is 13.4. The molecule has 0 aliphatic heterocycles. The van der Waals surface area contributed by atoms with Gasteiger partial charge >= 0.3 is 5.97 Å². The second-order valence-corrected chi connectivity index (χ2v) is 6.07. The Bertz CT molecular complexity index is 744. The van der Waals surface area contributed by atoms with E-state index in [1.54, 1.807) is 0 Å². The zero-order valence-electron chi connectivity index (χ0n) is 9.78. The lowest BCUT2D eigenvalue weighted by molar-refractivity contribution is -0.136. The molecule has 0 bridgehead atoms. The van der Waals surface area contributed by atoms with Gasteiger partial charge in [0.15, 0.2) is 10.9 Å². The average molecular weight is 317 g/mol. The van der Waals surface area contributed by atoms with Crippen LogP contribution in [0.2, 0.25) is 0 Å². The number of carboxylic acid groups (broad SMARTS) is 1. The highest BCUT2D eigenvalue weighted by Gasteiger charge is 2.22. The van der Waals surface area contributed by atoms with Crippen LogP contribution >= 0.6 is 11.3 Å². The van der Waals surface area contributed by atoms with Crippen LogP contribution in [0.5, 0.6) is 0 Å². The third-order valence-corrected chi connectivity index (χ3v) is 4.29. The van der Waals surface area contributed by atoms with Gasteiger partial charge in [0.2, 0.25) is 5.03 Å².